The average Bonchev–Trinajstić information content (AvgIpc) is 2.16. The van der Waals surface area contributed by atoms with Crippen LogP contribution in [0.1, 0.15) is 5.56 Å². The quantitative estimate of drug-likeness (QED) is 0.671. The van der Waals surface area contributed by atoms with E-state index in [1.807, 2.05) is 6.92 Å². The van der Waals surface area contributed by atoms with Crippen molar-refractivity contribution in [3.8, 4) is 5.75 Å². The minimum atomic E-state index is 0.451. The average molecular weight is 182 g/mol. The summed E-state index contributed by atoms with van der Waals surface area (Å²) < 4.78 is 5.05. The third-order valence-electron chi connectivity index (χ3n) is 1.76. The van der Waals surface area contributed by atoms with Gasteiger partial charge in [0.2, 0.25) is 0 Å². The van der Waals surface area contributed by atoms with Crippen molar-refractivity contribution in [2.75, 3.05) is 14.2 Å². The number of methoxy groups -OCH3 is 1. The summed E-state index contributed by atoms with van der Waals surface area (Å²) in [5, 5.41) is 0. The Hall–Kier alpha value is -1.58. The van der Waals surface area contributed by atoms with E-state index in [1.54, 1.807) is 25.3 Å². The van der Waals surface area contributed by atoms with Crippen LogP contribution < -0.4 is 4.74 Å². The first-order valence-electron chi connectivity index (χ1n) is 3.85. The predicted molar refractivity (Wildman–Crippen MR) is 48.0 cm³/mol. The van der Waals surface area contributed by atoms with E-state index in [1.165, 1.54) is 7.11 Å². The molecule has 0 saturated carbocycles. The van der Waals surface area contributed by atoms with Crippen LogP contribution in [0.5, 0.6) is 5.75 Å². The Kier molecular flexibility index (Phi) is 2.84. The van der Waals surface area contributed by atoms with Gasteiger partial charge >= 0.3 is 5.69 Å². The minimum Gasteiger partial charge on any atom is -0.496 e. The maximum Gasteiger partial charge on any atom is 0.317 e. The summed E-state index contributed by atoms with van der Waals surface area (Å²) >= 11 is 0. The Morgan fingerprint density at radius 2 is 2.00 bits per heavy atom. The van der Waals surface area contributed by atoms with E-state index in [4.69, 9.17) is 4.74 Å². The molecule has 0 amide bonds. The van der Waals surface area contributed by atoms with Gasteiger partial charge in [0, 0.05) is 12.1 Å². The zero-order valence-corrected chi connectivity index (χ0v) is 7.90. The molecule has 0 heterocycles. The molecule has 1 rings (SSSR count). The van der Waals surface area contributed by atoms with Crippen molar-refractivity contribution in [1.82, 2.24) is 0 Å². The van der Waals surface area contributed by atoms with Crippen LogP contribution in [0.25, 0.3) is 0 Å². The Labute approximate surface area is 76.6 Å². The lowest BCUT2D eigenvalue weighted by molar-refractivity contribution is -0.736. The second kappa shape index (κ2) is 3.89. The van der Waals surface area contributed by atoms with Gasteiger partial charge in [-0.15, -0.1) is 0 Å². The summed E-state index contributed by atoms with van der Waals surface area (Å²) in [6.45, 7) is 1.87. The van der Waals surface area contributed by atoms with Gasteiger partial charge < -0.3 is 4.74 Å². The van der Waals surface area contributed by atoms with Crippen molar-refractivity contribution in [2.45, 2.75) is 6.92 Å². The van der Waals surface area contributed by atoms with Gasteiger partial charge in [-0.2, -0.15) is 0 Å². The molecule has 1 aromatic carbocycles. The molecule has 0 atom stereocenters. The molecule has 0 fully saturated rings. The van der Waals surface area contributed by atoms with E-state index in [9.17, 15) is 4.91 Å². The lowest BCUT2D eigenvalue weighted by Gasteiger charge is -2.01. The monoisotopic (exact) mass is 182 g/mol. The number of benzene rings is 1. The van der Waals surface area contributed by atoms with Gasteiger partial charge in [0.1, 0.15) is 5.75 Å². The summed E-state index contributed by atoms with van der Waals surface area (Å²) in [6.07, 6.45) is 0. The molecule has 13 heavy (non-hydrogen) atoms. The van der Waals surface area contributed by atoms with Gasteiger partial charge in [0.15, 0.2) is 7.11 Å². The number of nitrogens with zero attached hydrogens (tertiary/aromatic N) is 1. The fourth-order valence-electron chi connectivity index (χ4n) is 1.08. The predicted octanol–water partition coefficient (Wildman–Crippen LogP) is 1.98. The second-order valence-electron chi connectivity index (χ2n) is 2.59. The van der Waals surface area contributed by atoms with Crippen LogP contribution in [0.15, 0.2) is 18.2 Å². The number of hydrogen-bond donors (Lipinski definition) is 0. The van der Waals surface area contributed by atoms with Crippen molar-refractivity contribution in [3.05, 3.63) is 28.7 Å². The number of ether oxygens (including phenoxy) is 1. The molecule has 0 saturated heterocycles. The SMILES string of the molecule is COc1ccc([N+](=O)OC)cc1C. The van der Waals surface area contributed by atoms with Crippen LogP contribution in [0.2, 0.25) is 0 Å². The second-order valence-corrected chi connectivity index (χ2v) is 2.59. The molecule has 4 nitrogen and oxygen atoms in total. The van der Waals surface area contributed by atoms with E-state index < -0.39 is 0 Å². The van der Waals surface area contributed by atoms with Gasteiger partial charge in [-0.05, 0) is 18.6 Å². The van der Waals surface area contributed by atoms with Gasteiger partial charge in [-0.25, -0.2) is 4.84 Å². The highest BCUT2D eigenvalue weighted by Crippen LogP contribution is 2.22. The van der Waals surface area contributed by atoms with Crippen LogP contribution >= 0.6 is 0 Å². The topological polar surface area (TPSA) is 38.5 Å². The third kappa shape index (κ3) is 1.96. The molecule has 0 radical (unpaired) electrons. The summed E-state index contributed by atoms with van der Waals surface area (Å²) in [6, 6.07) is 5.08. The maximum absolute atomic E-state index is 11.0. The van der Waals surface area contributed by atoms with Crippen molar-refractivity contribution < 1.29 is 14.5 Å². The normalized spacial score (nSPS) is 9.46. The summed E-state index contributed by atoms with van der Waals surface area (Å²) in [5.41, 5.74) is 1.36. The van der Waals surface area contributed by atoms with Gasteiger partial charge in [0.25, 0.3) is 4.92 Å². The maximum atomic E-state index is 11.0. The largest absolute Gasteiger partial charge is 0.496 e. The van der Waals surface area contributed by atoms with Crippen LogP contribution in [0.4, 0.5) is 5.69 Å². The molecule has 4 heteroatoms. The molecular weight excluding hydrogens is 170 g/mol. The van der Waals surface area contributed by atoms with E-state index in [0.29, 0.717) is 10.6 Å². The minimum absolute atomic E-state index is 0.451. The first-order chi connectivity index (χ1) is 6.19. The van der Waals surface area contributed by atoms with Crippen LogP contribution in [0.3, 0.4) is 0 Å². The fraction of sp³-hybridized carbons (Fsp3) is 0.333. The highest BCUT2D eigenvalue weighted by molar-refractivity contribution is 5.42. The third-order valence-corrected chi connectivity index (χ3v) is 1.76. The summed E-state index contributed by atoms with van der Waals surface area (Å²) in [4.78, 5) is 16.0. The zero-order valence-electron chi connectivity index (χ0n) is 7.90. The molecule has 0 bridgehead atoms. The summed E-state index contributed by atoms with van der Waals surface area (Å²) in [7, 11) is 2.92. The Balaban J connectivity index is 3.02. The molecule has 0 unspecified atom stereocenters. The first-order valence-corrected chi connectivity index (χ1v) is 3.85. The van der Waals surface area contributed by atoms with Gasteiger partial charge in [-0.3, -0.25) is 0 Å². The van der Waals surface area contributed by atoms with Crippen molar-refractivity contribution in [2.24, 2.45) is 0 Å². The van der Waals surface area contributed by atoms with Crippen molar-refractivity contribution >= 4 is 5.69 Å². The van der Waals surface area contributed by atoms with Gasteiger partial charge in [0.05, 0.1) is 12.0 Å². The van der Waals surface area contributed by atoms with Crippen molar-refractivity contribution in [1.29, 1.82) is 0 Å². The van der Waals surface area contributed by atoms with E-state index >= 15 is 0 Å². The van der Waals surface area contributed by atoms with E-state index in [2.05, 4.69) is 4.84 Å². The first kappa shape index (κ1) is 9.51. The smallest absolute Gasteiger partial charge is 0.317 e. The van der Waals surface area contributed by atoms with E-state index in [0.717, 1.165) is 11.3 Å². The van der Waals surface area contributed by atoms with Crippen LogP contribution in [-0.2, 0) is 4.84 Å². The Morgan fingerprint density at radius 1 is 1.31 bits per heavy atom. The molecule has 0 aliphatic rings. The number of hydrogen-bond acceptors (Lipinski definition) is 3. The van der Waals surface area contributed by atoms with E-state index in [-0.39, 0.29) is 0 Å². The Bertz CT molecular complexity index is 323. The molecule has 0 aliphatic carbocycles. The number of rotatable bonds is 3. The lowest BCUT2D eigenvalue weighted by atomic mass is 10.2. The highest BCUT2D eigenvalue weighted by atomic mass is 16.8. The molecule has 1 aromatic rings. The van der Waals surface area contributed by atoms with Gasteiger partial charge in [-0.1, -0.05) is 0 Å². The summed E-state index contributed by atoms with van der Waals surface area (Å²) in [5.74, 6) is 0.758. The fourth-order valence-corrected chi connectivity index (χ4v) is 1.08. The highest BCUT2D eigenvalue weighted by Gasteiger charge is 2.15. The molecule has 0 spiro atoms. The lowest BCUT2D eigenvalue weighted by Crippen LogP contribution is -1.98. The molecular formula is C9H12NO3+. The zero-order chi connectivity index (χ0) is 9.84. The number of aryl methyl sites for hydroxylation is 1. The Morgan fingerprint density at radius 3 is 2.46 bits per heavy atom. The molecule has 0 aliphatic heterocycles. The molecule has 0 aromatic heterocycles. The van der Waals surface area contributed by atoms with Crippen molar-refractivity contribution in [3.63, 3.8) is 0 Å². The molecule has 0 N–H and O–H groups in total. The standard InChI is InChI=1S/C9H12NO3/c1-7-6-8(10(11)13-3)4-5-9(7)12-2/h4-6H,1-3H3/q+1. The van der Waals surface area contributed by atoms with Crippen LogP contribution in [0, 0.1) is 11.8 Å². The molecule has 70 valence electrons. The van der Waals surface area contributed by atoms with Crippen LogP contribution in [-0.4, -0.2) is 19.1 Å².